The highest BCUT2D eigenvalue weighted by Gasteiger charge is 2.54. The summed E-state index contributed by atoms with van der Waals surface area (Å²) in [4.78, 5) is 48.0. The molecule has 1 fully saturated rings. The first-order valence-corrected chi connectivity index (χ1v) is 12.2. The van der Waals surface area contributed by atoms with E-state index in [2.05, 4.69) is 15.5 Å². The van der Waals surface area contributed by atoms with Crippen molar-refractivity contribution in [1.82, 2.24) is 15.2 Å². The number of aromatic nitrogens is 2. The van der Waals surface area contributed by atoms with Gasteiger partial charge < -0.3 is 25.4 Å². The van der Waals surface area contributed by atoms with Gasteiger partial charge in [-0.1, -0.05) is 5.16 Å². The first kappa shape index (κ1) is 22.9. The Morgan fingerprint density at radius 1 is 1.46 bits per heavy atom. The fourth-order valence-corrected chi connectivity index (χ4v) is 5.85. The Hall–Kier alpha value is -3.91. The van der Waals surface area contributed by atoms with Gasteiger partial charge in [-0.3, -0.25) is 14.5 Å². The van der Waals surface area contributed by atoms with Crippen LogP contribution in [0.1, 0.15) is 5.69 Å². The number of aliphatic carboxylic acids is 1. The van der Waals surface area contributed by atoms with Crippen molar-refractivity contribution < 1.29 is 33.3 Å². The number of hydrogen-bond acceptors (Lipinski definition) is 10. The topological polar surface area (TPSA) is 164 Å². The molecule has 5 rings (SSSR count). The number of hydrogen-bond donors (Lipinski definition) is 3. The van der Waals surface area contributed by atoms with Crippen molar-refractivity contribution >= 4 is 62.7 Å². The molecule has 35 heavy (non-hydrogen) atoms. The van der Waals surface area contributed by atoms with Gasteiger partial charge in [0, 0.05) is 28.2 Å². The van der Waals surface area contributed by atoms with Gasteiger partial charge in [-0.25, -0.2) is 9.78 Å². The SMILES string of the molecule is CON=C(C(=O)NC1C(=O)N2C(C(=O)O)=C(C[n+]3ccc4ccoc4c3)CS[C@@H]12)c1csc(N)n1. The average molecular weight is 516 g/mol. The minimum Gasteiger partial charge on any atom is -0.477 e. The van der Waals surface area contributed by atoms with Crippen molar-refractivity contribution in [2.75, 3.05) is 18.6 Å². The Labute approximate surface area is 206 Å². The predicted molar refractivity (Wildman–Crippen MR) is 126 cm³/mol. The molecule has 0 spiro atoms. The second-order valence-corrected chi connectivity index (χ2v) is 9.66. The van der Waals surface area contributed by atoms with Crippen molar-refractivity contribution in [2.45, 2.75) is 18.0 Å². The van der Waals surface area contributed by atoms with Gasteiger partial charge in [-0.2, -0.15) is 4.57 Å². The smallest absolute Gasteiger partial charge is 0.352 e. The molecule has 2 aliphatic heterocycles. The van der Waals surface area contributed by atoms with E-state index in [0.717, 1.165) is 16.7 Å². The molecule has 1 unspecified atom stereocenters. The third-order valence-electron chi connectivity index (χ3n) is 5.53. The van der Waals surface area contributed by atoms with Crippen molar-refractivity contribution in [3.05, 3.63) is 53.1 Å². The molecule has 2 atom stereocenters. The first-order valence-electron chi connectivity index (χ1n) is 10.3. The number of thiazole rings is 1. The number of β-lactam (4-membered cyclic amide) rings is 1. The molecule has 3 aromatic heterocycles. The van der Waals surface area contributed by atoms with Gasteiger partial charge in [-0.05, 0) is 6.07 Å². The quantitative estimate of drug-likeness (QED) is 0.176. The molecular formula is C21H19N6O6S2+. The Bertz CT molecular complexity index is 1410. The van der Waals surface area contributed by atoms with E-state index in [-0.39, 0.29) is 28.8 Å². The molecule has 2 aliphatic rings. The van der Waals surface area contributed by atoms with Crippen molar-refractivity contribution in [3.8, 4) is 0 Å². The Morgan fingerprint density at radius 3 is 3.00 bits per heavy atom. The Balaban J connectivity index is 1.36. The van der Waals surface area contributed by atoms with E-state index >= 15 is 0 Å². The molecule has 4 N–H and O–H groups in total. The summed E-state index contributed by atoms with van der Waals surface area (Å²) < 4.78 is 7.22. The summed E-state index contributed by atoms with van der Waals surface area (Å²) in [7, 11) is 1.28. The van der Waals surface area contributed by atoms with Crippen LogP contribution in [-0.2, 0) is 25.8 Å². The van der Waals surface area contributed by atoms with Gasteiger partial charge in [-0.15, -0.1) is 23.1 Å². The number of nitrogens with two attached hydrogens (primary N) is 1. The van der Waals surface area contributed by atoms with Crippen LogP contribution in [0.15, 0.2) is 57.0 Å². The molecule has 2 amide bonds. The summed E-state index contributed by atoms with van der Waals surface area (Å²) in [5, 5.41) is 18.4. The van der Waals surface area contributed by atoms with Gasteiger partial charge in [0.2, 0.25) is 6.20 Å². The summed E-state index contributed by atoms with van der Waals surface area (Å²) in [5.74, 6) is -2.04. The number of fused-ring (bicyclic) bond motifs is 2. The molecule has 0 aromatic carbocycles. The number of nitrogen functional groups attached to an aromatic ring is 1. The van der Waals surface area contributed by atoms with E-state index in [1.54, 1.807) is 17.8 Å². The second-order valence-electron chi connectivity index (χ2n) is 7.67. The van der Waals surface area contributed by atoms with Crippen LogP contribution in [-0.4, -0.2) is 62.8 Å². The number of pyridine rings is 1. The van der Waals surface area contributed by atoms with Crippen LogP contribution < -0.4 is 15.6 Å². The summed E-state index contributed by atoms with van der Waals surface area (Å²) in [6.07, 6.45) is 5.18. The minimum absolute atomic E-state index is 0.0747. The van der Waals surface area contributed by atoms with Crippen molar-refractivity contribution in [1.29, 1.82) is 0 Å². The normalized spacial score (nSPS) is 20.0. The Morgan fingerprint density at radius 2 is 2.29 bits per heavy atom. The molecule has 5 heterocycles. The van der Waals surface area contributed by atoms with Crippen LogP contribution in [0.3, 0.4) is 0 Å². The van der Waals surface area contributed by atoms with E-state index in [1.165, 1.54) is 23.8 Å². The van der Waals surface area contributed by atoms with E-state index < -0.39 is 29.2 Å². The molecule has 0 saturated carbocycles. The maximum atomic E-state index is 13.0. The van der Waals surface area contributed by atoms with Crippen LogP contribution in [0.2, 0.25) is 0 Å². The zero-order valence-electron chi connectivity index (χ0n) is 18.2. The third kappa shape index (κ3) is 4.10. The number of thioether (sulfide) groups is 1. The van der Waals surface area contributed by atoms with Crippen LogP contribution >= 0.6 is 23.1 Å². The van der Waals surface area contributed by atoms with Gasteiger partial charge in [0.15, 0.2) is 29.2 Å². The highest BCUT2D eigenvalue weighted by Crippen LogP contribution is 2.40. The number of furan rings is 1. The molecule has 180 valence electrons. The van der Waals surface area contributed by atoms with E-state index in [1.807, 2.05) is 22.9 Å². The van der Waals surface area contributed by atoms with Gasteiger partial charge in [0.05, 0.1) is 6.26 Å². The number of nitrogens with one attached hydrogen (secondary N) is 1. The standard InChI is InChI=1S/C21H18N6O6S2/c1-32-25-14(12-9-35-21(22)23-12)17(28)24-15-18(29)27-16(20(30)31)11(8-34-19(15)27)6-26-4-2-10-3-5-33-13(10)7-26/h2-5,7,9,15,19H,6,8H2,1H3,(H3-,22,23,24,28,30,31)/p+1/t15?,19-/m0/s1. The summed E-state index contributed by atoms with van der Waals surface area (Å²) in [6, 6.07) is 2.78. The lowest BCUT2D eigenvalue weighted by Gasteiger charge is -2.49. The predicted octanol–water partition coefficient (Wildman–Crippen LogP) is 0.548. The molecule has 1 saturated heterocycles. The number of carbonyl (C=O) groups is 3. The molecular weight excluding hydrogens is 496 g/mol. The maximum Gasteiger partial charge on any atom is 0.352 e. The lowest BCUT2D eigenvalue weighted by molar-refractivity contribution is -0.688. The van der Waals surface area contributed by atoms with E-state index in [0.29, 0.717) is 16.9 Å². The van der Waals surface area contributed by atoms with Crippen LogP contribution in [0.25, 0.3) is 11.0 Å². The number of oxime groups is 1. The third-order valence-corrected chi connectivity index (χ3v) is 7.54. The molecule has 3 aromatic rings. The number of carbonyl (C=O) groups excluding carboxylic acids is 2. The molecule has 0 radical (unpaired) electrons. The maximum absolute atomic E-state index is 13.0. The molecule has 14 heteroatoms. The number of anilines is 1. The molecule has 0 aliphatic carbocycles. The largest absolute Gasteiger partial charge is 0.477 e. The highest BCUT2D eigenvalue weighted by atomic mass is 32.2. The van der Waals surface area contributed by atoms with E-state index in [4.69, 9.17) is 15.0 Å². The average Bonchev–Trinajstić information content (AvgIpc) is 3.48. The van der Waals surface area contributed by atoms with Gasteiger partial charge in [0.1, 0.15) is 29.9 Å². The number of carboxylic acid groups (broad SMARTS) is 1. The number of nitrogens with zero attached hydrogens (tertiary/aromatic N) is 4. The van der Waals surface area contributed by atoms with Gasteiger partial charge in [0.25, 0.3) is 11.8 Å². The number of amides is 2. The molecule has 12 nitrogen and oxygen atoms in total. The van der Waals surface area contributed by atoms with Crippen LogP contribution in [0.5, 0.6) is 0 Å². The van der Waals surface area contributed by atoms with Crippen LogP contribution in [0.4, 0.5) is 5.13 Å². The first-order chi connectivity index (χ1) is 16.9. The second kappa shape index (κ2) is 9.03. The number of carboxylic acids is 1. The Kier molecular flexibility index (Phi) is 5.90. The lowest BCUT2D eigenvalue weighted by atomic mass is 10.0. The summed E-state index contributed by atoms with van der Waals surface area (Å²) >= 11 is 2.50. The summed E-state index contributed by atoms with van der Waals surface area (Å²) in [5.41, 5.74) is 6.90. The number of rotatable bonds is 7. The zero-order valence-corrected chi connectivity index (χ0v) is 19.8. The lowest BCUT2D eigenvalue weighted by Crippen LogP contribution is -2.71. The molecule has 0 bridgehead atoms. The fourth-order valence-electron chi connectivity index (χ4n) is 3.97. The van der Waals surface area contributed by atoms with Crippen molar-refractivity contribution in [2.24, 2.45) is 5.16 Å². The summed E-state index contributed by atoms with van der Waals surface area (Å²) in [6.45, 7) is 0.273. The van der Waals surface area contributed by atoms with Crippen LogP contribution in [0, 0.1) is 0 Å². The zero-order chi connectivity index (χ0) is 24.7. The van der Waals surface area contributed by atoms with E-state index in [9.17, 15) is 19.5 Å². The van der Waals surface area contributed by atoms with Crippen molar-refractivity contribution in [3.63, 3.8) is 0 Å². The fraction of sp³-hybridized carbons (Fsp3) is 0.238. The minimum atomic E-state index is -1.21. The van der Waals surface area contributed by atoms with Gasteiger partial charge >= 0.3 is 5.97 Å². The monoisotopic (exact) mass is 515 g/mol. The highest BCUT2D eigenvalue weighted by molar-refractivity contribution is 8.00.